The molecule has 0 spiro atoms. The van der Waals surface area contributed by atoms with Crippen LogP contribution in [-0.4, -0.2) is 35.1 Å². The fourth-order valence-electron chi connectivity index (χ4n) is 5.27. The van der Waals surface area contributed by atoms with E-state index in [0.717, 1.165) is 12.2 Å². The Kier molecular flexibility index (Phi) is 8.39. The lowest BCUT2D eigenvalue weighted by Crippen LogP contribution is -2.40. The number of rotatable bonds is 7. The van der Waals surface area contributed by atoms with Crippen LogP contribution in [0.1, 0.15) is 65.7 Å². The van der Waals surface area contributed by atoms with Gasteiger partial charge in [-0.1, -0.05) is 27.2 Å². The quantitative estimate of drug-likeness (QED) is 0.621. The van der Waals surface area contributed by atoms with E-state index in [4.69, 9.17) is 10.5 Å². The molecule has 3 N–H and O–H groups in total. The Morgan fingerprint density at radius 1 is 1.37 bits per heavy atom. The van der Waals surface area contributed by atoms with Crippen LogP contribution in [-0.2, 0) is 14.3 Å². The summed E-state index contributed by atoms with van der Waals surface area (Å²) >= 11 is 1.59. The molecule has 30 heavy (non-hydrogen) atoms. The number of ether oxygens (including phenoxy) is 1. The van der Waals surface area contributed by atoms with Crippen molar-refractivity contribution in [1.82, 2.24) is 5.32 Å². The zero-order chi connectivity index (χ0) is 21.8. The van der Waals surface area contributed by atoms with Crippen LogP contribution in [0.5, 0.6) is 0 Å². The molecule has 7 heteroatoms. The van der Waals surface area contributed by atoms with E-state index in [0.29, 0.717) is 42.9 Å². The van der Waals surface area contributed by atoms with Gasteiger partial charge in [-0.15, -0.1) is 11.8 Å². The second kappa shape index (κ2) is 10.6. The van der Waals surface area contributed by atoms with Gasteiger partial charge in [0.25, 0.3) is 0 Å². The smallest absolute Gasteiger partial charge is 0.222 e. The van der Waals surface area contributed by atoms with Gasteiger partial charge in [-0.05, 0) is 61.3 Å². The number of nitrogens with one attached hydrogen (secondary N) is 1. The molecule has 1 saturated heterocycles. The van der Waals surface area contributed by atoms with Gasteiger partial charge in [-0.3, -0.25) is 9.59 Å². The summed E-state index contributed by atoms with van der Waals surface area (Å²) in [4.78, 5) is 24.7. The van der Waals surface area contributed by atoms with Crippen molar-refractivity contribution in [1.29, 1.82) is 0 Å². The van der Waals surface area contributed by atoms with Gasteiger partial charge in [0.15, 0.2) is 11.2 Å². The van der Waals surface area contributed by atoms with Gasteiger partial charge in [0.1, 0.15) is 12.0 Å². The Balaban J connectivity index is 1.47. The highest BCUT2D eigenvalue weighted by Crippen LogP contribution is 2.41. The van der Waals surface area contributed by atoms with Crippen molar-refractivity contribution in [3.05, 3.63) is 11.9 Å². The van der Waals surface area contributed by atoms with E-state index in [-0.39, 0.29) is 35.6 Å². The summed E-state index contributed by atoms with van der Waals surface area (Å²) in [5, 5.41) is 2.44. The lowest BCUT2D eigenvalue weighted by molar-refractivity contribution is -0.128. The highest BCUT2D eigenvalue weighted by atomic mass is 32.2. The van der Waals surface area contributed by atoms with Crippen LogP contribution in [0.3, 0.4) is 0 Å². The molecule has 0 aromatic rings. The number of thioether (sulfide) groups is 1. The van der Waals surface area contributed by atoms with Gasteiger partial charge in [-0.2, -0.15) is 0 Å². The molecule has 1 aliphatic carbocycles. The SMILES string of the molecule is CC(C)[C@@H]1CC[C@@H](C)C[C@H]1CC(=O)[C@@H]1O[C@H](CCC2C=C(F)C(N)NC(=O)C2)CS1. The number of amides is 1. The highest BCUT2D eigenvalue weighted by molar-refractivity contribution is 8.00. The normalized spacial score (nSPS) is 37.6. The molecule has 0 aromatic heterocycles. The van der Waals surface area contributed by atoms with Crippen LogP contribution in [0.25, 0.3) is 0 Å². The summed E-state index contributed by atoms with van der Waals surface area (Å²) in [6.07, 6.45) is 6.24. The van der Waals surface area contributed by atoms with Gasteiger partial charge in [-0.25, -0.2) is 4.39 Å². The molecule has 7 atom stereocenters. The molecule has 2 heterocycles. The molecular weight excluding hydrogens is 403 g/mol. The van der Waals surface area contributed by atoms with Gasteiger partial charge in [0.05, 0.1) is 6.10 Å². The lowest BCUT2D eigenvalue weighted by atomic mass is 9.68. The molecule has 5 nitrogen and oxygen atoms in total. The predicted molar refractivity (Wildman–Crippen MR) is 118 cm³/mol. The molecule has 0 aromatic carbocycles. The Hall–Kier alpha value is -0.920. The zero-order valence-corrected chi connectivity index (χ0v) is 19.3. The fourth-order valence-corrected chi connectivity index (χ4v) is 6.42. The largest absolute Gasteiger partial charge is 0.356 e. The summed E-state index contributed by atoms with van der Waals surface area (Å²) in [5.41, 5.74) is 5.20. The van der Waals surface area contributed by atoms with E-state index in [2.05, 4.69) is 26.1 Å². The second-order valence-electron chi connectivity index (χ2n) is 9.82. The fraction of sp³-hybridized carbons (Fsp3) is 0.826. The van der Waals surface area contributed by atoms with E-state index < -0.39 is 12.0 Å². The molecule has 1 saturated carbocycles. The van der Waals surface area contributed by atoms with Crippen molar-refractivity contribution < 1.29 is 18.7 Å². The predicted octanol–water partition coefficient (Wildman–Crippen LogP) is 4.17. The third-order valence-corrected chi connectivity index (χ3v) is 8.19. The molecule has 2 aliphatic heterocycles. The molecule has 2 fully saturated rings. The van der Waals surface area contributed by atoms with Crippen molar-refractivity contribution in [3.8, 4) is 0 Å². The lowest BCUT2D eigenvalue weighted by Gasteiger charge is -2.37. The number of ketones is 1. The number of halogens is 1. The Labute approximate surface area is 184 Å². The number of Topliss-reactive ketones (excluding diaryl/α,β-unsaturated/α-hetero) is 1. The number of carbonyl (C=O) groups is 2. The van der Waals surface area contributed by atoms with Crippen LogP contribution in [0.4, 0.5) is 4.39 Å². The van der Waals surface area contributed by atoms with E-state index in [1.54, 1.807) is 11.8 Å². The van der Waals surface area contributed by atoms with Gasteiger partial charge in [0, 0.05) is 18.6 Å². The van der Waals surface area contributed by atoms with Crippen LogP contribution in [0, 0.1) is 29.6 Å². The molecule has 170 valence electrons. The van der Waals surface area contributed by atoms with Crippen LogP contribution >= 0.6 is 11.8 Å². The Bertz CT molecular complexity index is 656. The average Bonchev–Trinajstić information content (AvgIpc) is 3.10. The summed E-state index contributed by atoms with van der Waals surface area (Å²) < 4.78 is 20.0. The minimum atomic E-state index is -1.04. The maximum atomic E-state index is 13.9. The van der Waals surface area contributed by atoms with Crippen LogP contribution < -0.4 is 11.1 Å². The van der Waals surface area contributed by atoms with Crippen molar-refractivity contribution in [3.63, 3.8) is 0 Å². The summed E-state index contributed by atoms with van der Waals surface area (Å²) in [6.45, 7) is 6.84. The standard InChI is InChI=1S/C23H37FN2O3S/c1-13(2)18-7-4-14(3)8-16(18)11-20(27)23-29-17(12-30-23)6-5-15-9-19(24)22(25)26-21(28)10-15/h9,13-18,22-23H,4-8,10-12,25H2,1-3H3,(H,26,28)/t14-,15?,16+,17-,18+,22?,23-/m1/s1. The second-order valence-corrected chi connectivity index (χ2v) is 10.9. The third-order valence-electron chi connectivity index (χ3n) is 6.95. The number of hydrogen-bond donors (Lipinski definition) is 2. The number of nitrogens with two attached hydrogens (primary N) is 1. The third kappa shape index (κ3) is 6.30. The van der Waals surface area contributed by atoms with Gasteiger partial charge < -0.3 is 15.8 Å². The van der Waals surface area contributed by atoms with Crippen molar-refractivity contribution in [2.45, 2.75) is 83.4 Å². The molecule has 3 aliphatic rings. The van der Waals surface area contributed by atoms with Crippen LogP contribution in [0.15, 0.2) is 11.9 Å². The van der Waals surface area contributed by atoms with Gasteiger partial charge >= 0.3 is 0 Å². The summed E-state index contributed by atoms with van der Waals surface area (Å²) in [5.74, 6) is 2.49. The van der Waals surface area contributed by atoms with Crippen molar-refractivity contribution >= 4 is 23.5 Å². The Morgan fingerprint density at radius 2 is 2.13 bits per heavy atom. The molecule has 2 unspecified atom stereocenters. The first-order valence-corrected chi connectivity index (χ1v) is 12.5. The number of allylic oxidation sites excluding steroid dienone is 1. The monoisotopic (exact) mass is 440 g/mol. The van der Waals surface area contributed by atoms with Gasteiger partial charge in [0.2, 0.25) is 5.91 Å². The highest BCUT2D eigenvalue weighted by Gasteiger charge is 2.37. The maximum Gasteiger partial charge on any atom is 0.222 e. The molecule has 0 radical (unpaired) electrons. The maximum absolute atomic E-state index is 13.9. The minimum absolute atomic E-state index is 0.0217. The van der Waals surface area contributed by atoms with E-state index >= 15 is 0 Å². The number of hydrogen-bond acceptors (Lipinski definition) is 5. The summed E-state index contributed by atoms with van der Waals surface area (Å²) in [6, 6.07) is 0. The summed E-state index contributed by atoms with van der Waals surface area (Å²) in [7, 11) is 0. The molecule has 0 bridgehead atoms. The Morgan fingerprint density at radius 3 is 2.87 bits per heavy atom. The minimum Gasteiger partial charge on any atom is -0.356 e. The first-order chi connectivity index (χ1) is 14.2. The first-order valence-electron chi connectivity index (χ1n) is 11.4. The number of carbonyl (C=O) groups excluding carboxylic acids is 2. The van der Waals surface area contributed by atoms with E-state index in [9.17, 15) is 14.0 Å². The molecule has 3 rings (SSSR count). The molecule has 1 amide bonds. The van der Waals surface area contributed by atoms with E-state index in [1.807, 2.05) is 0 Å². The first kappa shape index (κ1) is 23.7. The van der Waals surface area contributed by atoms with Crippen LogP contribution in [0.2, 0.25) is 0 Å². The average molecular weight is 441 g/mol. The molecular formula is C23H37FN2O3S. The zero-order valence-electron chi connectivity index (χ0n) is 18.4. The van der Waals surface area contributed by atoms with E-state index in [1.165, 1.54) is 18.9 Å². The van der Waals surface area contributed by atoms with Crippen molar-refractivity contribution in [2.24, 2.45) is 35.3 Å². The topological polar surface area (TPSA) is 81.4 Å². The van der Waals surface area contributed by atoms with Crippen molar-refractivity contribution in [2.75, 3.05) is 5.75 Å².